The predicted molar refractivity (Wildman–Crippen MR) is 151 cm³/mol. The average Bonchev–Trinajstić information content (AvgIpc) is 3.67. The summed E-state index contributed by atoms with van der Waals surface area (Å²) in [6.07, 6.45) is 9.20. The molecule has 7 rings (SSSR count). The summed E-state index contributed by atoms with van der Waals surface area (Å²) in [5, 5.41) is 10.6. The number of halogens is 1. The lowest BCUT2D eigenvalue weighted by Gasteiger charge is -2.40. The molecule has 38 heavy (non-hydrogen) atoms. The Morgan fingerprint density at radius 1 is 1.03 bits per heavy atom. The van der Waals surface area contributed by atoms with E-state index in [2.05, 4.69) is 45.5 Å². The highest BCUT2D eigenvalue weighted by molar-refractivity contribution is 6.01. The summed E-state index contributed by atoms with van der Waals surface area (Å²) in [6.45, 7) is 6.57. The summed E-state index contributed by atoms with van der Waals surface area (Å²) in [4.78, 5) is 17.7. The Morgan fingerprint density at radius 3 is 2.71 bits per heavy atom. The molecule has 2 aliphatic rings. The minimum absolute atomic E-state index is 0.0915. The minimum Gasteiger partial charge on any atom is -0.366 e. The normalized spacial score (nSPS) is 19.2. The van der Waals surface area contributed by atoms with E-state index in [1.54, 1.807) is 18.3 Å². The number of fused-ring (bicyclic) bond motifs is 2. The van der Waals surface area contributed by atoms with Crippen LogP contribution in [0.3, 0.4) is 0 Å². The van der Waals surface area contributed by atoms with Crippen LogP contribution in [0.5, 0.6) is 0 Å². The van der Waals surface area contributed by atoms with Gasteiger partial charge in [0.25, 0.3) is 0 Å². The number of rotatable bonds is 5. The zero-order chi connectivity index (χ0) is 25.9. The first-order chi connectivity index (χ1) is 18.5. The molecule has 2 fully saturated rings. The van der Waals surface area contributed by atoms with E-state index in [-0.39, 0.29) is 11.2 Å². The van der Waals surface area contributed by atoms with Gasteiger partial charge in [-0.1, -0.05) is 26.0 Å². The van der Waals surface area contributed by atoms with Crippen LogP contribution in [0.4, 0.5) is 10.2 Å². The van der Waals surface area contributed by atoms with Crippen LogP contribution in [0.25, 0.3) is 44.3 Å². The van der Waals surface area contributed by atoms with Crippen LogP contribution < -0.4 is 10.6 Å². The Bertz CT molecular complexity index is 1670. The molecular weight excluding hydrogens is 475 g/mol. The molecule has 7 heteroatoms. The molecule has 0 unspecified atom stereocenters. The van der Waals surface area contributed by atoms with E-state index < -0.39 is 0 Å². The van der Waals surface area contributed by atoms with Crippen molar-refractivity contribution in [2.45, 2.75) is 45.1 Å². The van der Waals surface area contributed by atoms with Crippen molar-refractivity contribution in [2.75, 3.05) is 18.4 Å². The Balaban J connectivity index is 1.40. The first-order valence-corrected chi connectivity index (χ1v) is 13.5. The van der Waals surface area contributed by atoms with Crippen molar-refractivity contribution in [1.29, 1.82) is 0 Å². The second-order valence-electron chi connectivity index (χ2n) is 11.4. The largest absolute Gasteiger partial charge is 0.366 e. The fourth-order valence-corrected chi connectivity index (χ4v) is 5.86. The standard InChI is InChI=1S/C31H31FN6/c1-31(2)17-33-11-10-27(31)38-30-28-19(15-34-16-23(28)18-7-8-18)13-25(37-30)20-9-12-35-29-22(20)14-26(36-29)21-5-3-4-6-24(21)32/h3-6,9,12-16,18,27,33H,7-8,10-11,17H2,1-2H3,(H,35,36)(H,37,38)/t27-/m0/s1. The Morgan fingerprint density at radius 2 is 1.89 bits per heavy atom. The summed E-state index contributed by atoms with van der Waals surface area (Å²) in [5.74, 6) is 1.22. The molecule has 5 heterocycles. The molecule has 192 valence electrons. The quantitative estimate of drug-likeness (QED) is 0.249. The zero-order valence-electron chi connectivity index (χ0n) is 21.7. The van der Waals surface area contributed by atoms with Crippen LogP contribution >= 0.6 is 0 Å². The van der Waals surface area contributed by atoms with Crippen LogP contribution in [0.2, 0.25) is 0 Å². The monoisotopic (exact) mass is 506 g/mol. The van der Waals surface area contributed by atoms with E-state index in [9.17, 15) is 4.39 Å². The Hall–Kier alpha value is -3.84. The highest BCUT2D eigenvalue weighted by atomic mass is 19.1. The molecular formula is C31H31FN6. The molecule has 6 nitrogen and oxygen atoms in total. The third-order valence-electron chi connectivity index (χ3n) is 8.20. The van der Waals surface area contributed by atoms with Crippen molar-refractivity contribution in [1.82, 2.24) is 25.3 Å². The zero-order valence-corrected chi connectivity index (χ0v) is 21.7. The fourth-order valence-electron chi connectivity index (χ4n) is 5.86. The van der Waals surface area contributed by atoms with Crippen molar-refractivity contribution in [3.05, 3.63) is 72.4 Å². The lowest BCUT2D eigenvalue weighted by molar-refractivity contribution is 0.236. The van der Waals surface area contributed by atoms with E-state index in [4.69, 9.17) is 4.98 Å². The maximum Gasteiger partial charge on any atom is 0.138 e. The first-order valence-electron chi connectivity index (χ1n) is 13.5. The molecule has 5 aromatic rings. The molecule has 1 saturated heterocycles. The van der Waals surface area contributed by atoms with Gasteiger partial charge < -0.3 is 15.6 Å². The number of pyridine rings is 3. The smallest absolute Gasteiger partial charge is 0.138 e. The molecule has 3 N–H and O–H groups in total. The number of hydrogen-bond donors (Lipinski definition) is 3. The lowest BCUT2D eigenvalue weighted by Crippen LogP contribution is -2.49. The summed E-state index contributed by atoms with van der Waals surface area (Å²) >= 11 is 0. The van der Waals surface area contributed by atoms with E-state index in [1.807, 2.05) is 30.6 Å². The van der Waals surface area contributed by atoms with Gasteiger partial charge in [0.15, 0.2) is 0 Å². The SMILES string of the molecule is CC1(C)CNCC[C@@H]1Nc1nc(-c2ccnc3[nH]c(-c4ccccc4F)cc23)cc2cncc(C3CC3)c12. The summed E-state index contributed by atoms with van der Waals surface area (Å²) < 4.78 is 14.6. The predicted octanol–water partition coefficient (Wildman–Crippen LogP) is 6.66. The van der Waals surface area contributed by atoms with Gasteiger partial charge in [-0.2, -0.15) is 0 Å². The van der Waals surface area contributed by atoms with Gasteiger partial charge in [0.05, 0.1) is 11.4 Å². The molecule has 1 saturated carbocycles. The first kappa shape index (κ1) is 23.3. The van der Waals surface area contributed by atoms with Crippen molar-refractivity contribution in [3.8, 4) is 22.5 Å². The third kappa shape index (κ3) is 4.02. The molecule has 1 aliphatic carbocycles. The van der Waals surface area contributed by atoms with E-state index in [0.29, 0.717) is 28.9 Å². The van der Waals surface area contributed by atoms with Crippen molar-refractivity contribution >= 4 is 27.6 Å². The topological polar surface area (TPSA) is 78.5 Å². The summed E-state index contributed by atoms with van der Waals surface area (Å²) in [6, 6.07) is 13.2. The molecule has 0 radical (unpaired) electrons. The van der Waals surface area contributed by atoms with Gasteiger partial charge in [0.1, 0.15) is 17.3 Å². The maximum absolute atomic E-state index is 14.6. The van der Waals surface area contributed by atoms with Gasteiger partial charge in [-0.3, -0.25) is 4.98 Å². The van der Waals surface area contributed by atoms with Gasteiger partial charge in [-0.15, -0.1) is 0 Å². The second-order valence-corrected chi connectivity index (χ2v) is 11.4. The highest BCUT2D eigenvalue weighted by Crippen LogP contribution is 2.45. The van der Waals surface area contributed by atoms with Crippen LogP contribution in [-0.4, -0.2) is 39.1 Å². The van der Waals surface area contributed by atoms with Crippen LogP contribution in [0.15, 0.2) is 61.1 Å². The van der Waals surface area contributed by atoms with Gasteiger partial charge in [-0.05, 0) is 73.0 Å². The maximum atomic E-state index is 14.6. The Labute approximate surface area is 221 Å². The number of aromatic amines is 1. The molecule has 0 bridgehead atoms. The number of anilines is 1. The van der Waals surface area contributed by atoms with Crippen molar-refractivity contribution in [3.63, 3.8) is 0 Å². The molecule has 1 aromatic carbocycles. The summed E-state index contributed by atoms with van der Waals surface area (Å²) in [7, 11) is 0. The number of benzene rings is 1. The molecule has 0 spiro atoms. The van der Waals surface area contributed by atoms with E-state index >= 15 is 0 Å². The van der Waals surface area contributed by atoms with Gasteiger partial charge in [-0.25, -0.2) is 14.4 Å². The fraction of sp³-hybridized carbons (Fsp3) is 0.323. The Kier molecular flexibility index (Phi) is 5.44. The average molecular weight is 507 g/mol. The van der Waals surface area contributed by atoms with Gasteiger partial charge in [0.2, 0.25) is 0 Å². The van der Waals surface area contributed by atoms with Gasteiger partial charge >= 0.3 is 0 Å². The molecule has 4 aromatic heterocycles. The highest BCUT2D eigenvalue weighted by Gasteiger charge is 2.34. The second kappa shape index (κ2) is 8.88. The van der Waals surface area contributed by atoms with Crippen LogP contribution in [-0.2, 0) is 0 Å². The van der Waals surface area contributed by atoms with Gasteiger partial charge in [0, 0.05) is 58.5 Å². The van der Waals surface area contributed by atoms with Crippen LogP contribution in [0.1, 0.15) is 44.6 Å². The molecule has 1 atom stereocenters. The summed E-state index contributed by atoms with van der Waals surface area (Å²) in [5.41, 5.74) is 5.13. The van der Waals surface area contributed by atoms with Crippen LogP contribution in [0, 0.1) is 11.2 Å². The van der Waals surface area contributed by atoms with Crippen molar-refractivity contribution < 1.29 is 4.39 Å². The minimum atomic E-state index is -0.265. The van der Waals surface area contributed by atoms with Crippen molar-refractivity contribution in [2.24, 2.45) is 5.41 Å². The number of hydrogen-bond acceptors (Lipinski definition) is 5. The van der Waals surface area contributed by atoms with E-state index in [0.717, 1.165) is 47.4 Å². The number of nitrogens with one attached hydrogen (secondary N) is 3. The number of piperidine rings is 1. The number of nitrogens with zero attached hydrogens (tertiary/aromatic N) is 3. The lowest BCUT2D eigenvalue weighted by atomic mass is 9.80. The van der Waals surface area contributed by atoms with E-state index in [1.165, 1.54) is 29.9 Å². The number of aromatic nitrogens is 4. The molecule has 1 aliphatic heterocycles. The number of H-pyrrole nitrogens is 1. The molecule has 0 amide bonds. The third-order valence-corrected chi connectivity index (χ3v) is 8.20.